The van der Waals surface area contributed by atoms with Crippen molar-refractivity contribution in [3.63, 3.8) is 0 Å². The van der Waals surface area contributed by atoms with Gasteiger partial charge in [0.05, 0.1) is 25.3 Å². The first-order chi connectivity index (χ1) is 10.0. The summed E-state index contributed by atoms with van der Waals surface area (Å²) in [5.41, 5.74) is 0. The van der Waals surface area contributed by atoms with Gasteiger partial charge in [0, 0.05) is 49.6 Å². The Kier molecular flexibility index (Phi) is 13.7. The Balaban J connectivity index is 0.000000250. The Labute approximate surface area is 135 Å². The van der Waals surface area contributed by atoms with E-state index in [1.165, 1.54) is 0 Å². The van der Waals surface area contributed by atoms with Crippen LogP contribution in [0, 0.1) is 0 Å². The first kappa shape index (κ1) is 18.5. The van der Waals surface area contributed by atoms with E-state index >= 15 is 0 Å². The molecule has 4 rings (SSSR count). The van der Waals surface area contributed by atoms with Gasteiger partial charge in [-0.1, -0.05) is 0 Å². The summed E-state index contributed by atoms with van der Waals surface area (Å²) in [7, 11) is 0. The molecule has 0 saturated heterocycles. The molecule has 0 radical (unpaired) electrons. The van der Waals surface area contributed by atoms with Gasteiger partial charge in [-0.2, -0.15) is 0 Å². The summed E-state index contributed by atoms with van der Waals surface area (Å²) >= 11 is 0. The average molecular weight is 342 g/mol. The molecule has 0 aromatic carbocycles. The van der Waals surface area contributed by atoms with E-state index in [1.54, 1.807) is 74.9 Å². The summed E-state index contributed by atoms with van der Waals surface area (Å²) in [4.78, 5) is 25.7. The number of hydrogen-bond acceptors (Lipinski definition) is 4. The molecule has 0 aliphatic rings. The van der Waals surface area contributed by atoms with Crippen LogP contribution >= 0.6 is 0 Å². The summed E-state index contributed by atoms with van der Waals surface area (Å²) in [6.45, 7) is 0. The Hall–Kier alpha value is -2.52. The van der Waals surface area contributed by atoms with Gasteiger partial charge in [-0.05, 0) is 0 Å². The largest absolute Gasteiger partial charge is 3.00 e. The summed E-state index contributed by atoms with van der Waals surface area (Å²) in [5, 5.41) is 0. The van der Waals surface area contributed by atoms with Gasteiger partial charge < -0.3 is 19.9 Å². The Bertz CT molecular complexity index is 356. The molecule has 104 valence electrons. The van der Waals surface area contributed by atoms with Gasteiger partial charge in [0.25, 0.3) is 0 Å². The number of rotatable bonds is 0. The van der Waals surface area contributed by atoms with Gasteiger partial charge in [0.1, 0.15) is 0 Å². The standard InChI is InChI=1S/4C3H4N2.Ga/c4*1-2-5-3-4-1;/h4*1-3H,(H,4,5);/q;;;;+3. The monoisotopic (exact) mass is 341 g/mol. The van der Waals surface area contributed by atoms with Gasteiger partial charge in [-0.25, -0.2) is 19.9 Å². The van der Waals surface area contributed by atoms with Crippen molar-refractivity contribution in [2.45, 2.75) is 0 Å². The summed E-state index contributed by atoms with van der Waals surface area (Å²) < 4.78 is 0. The third-order valence-electron chi connectivity index (χ3n) is 1.62. The molecule has 0 unspecified atom stereocenters. The molecule has 0 atom stereocenters. The van der Waals surface area contributed by atoms with Crippen molar-refractivity contribution in [2.24, 2.45) is 0 Å². The van der Waals surface area contributed by atoms with Crippen LogP contribution in [-0.2, 0) is 0 Å². The Morgan fingerprint density at radius 3 is 0.714 bits per heavy atom. The van der Waals surface area contributed by atoms with Gasteiger partial charge in [0.15, 0.2) is 0 Å². The number of aromatic nitrogens is 8. The number of nitrogens with one attached hydrogen (secondary N) is 4. The molecule has 0 spiro atoms. The fraction of sp³-hybridized carbons (Fsp3) is 0. The maximum Gasteiger partial charge on any atom is 3.00 e. The maximum absolute atomic E-state index is 3.67. The molecule has 9 heteroatoms. The fourth-order valence-electron chi connectivity index (χ4n) is 0.861. The number of imidazole rings is 4. The van der Waals surface area contributed by atoms with Gasteiger partial charge >= 0.3 is 19.8 Å². The van der Waals surface area contributed by atoms with Crippen LogP contribution in [0.1, 0.15) is 0 Å². The van der Waals surface area contributed by atoms with Crippen molar-refractivity contribution in [1.29, 1.82) is 0 Å². The molecule has 0 fully saturated rings. The van der Waals surface area contributed by atoms with Crippen molar-refractivity contribution in [3.05, 3.63) is 74.9 Å². The molecule has 4 heterocycles. The minimum atomic E-state index is 0. The topological polar surface area (TPSA) is 115 Å². The SMILES string of the molecule is [Ga+3].c1c[nH]cn1.c1c[nH]cn1.c1c[nH]cn1.c1c[nH]cn1. The molecular formula is C12H16GaN8+3. The third-order valence-corrected chi connectivity index (χ3v) is 1.62. The zero-order valence-electron chi connectivity index (χ0n) is 11.3. The molecule has 4 aromatic rings. The molecule has 0 amide bonds. The van der Waals surface area contributed by atoms with E-state index in [-0.39, 0.29) is 19.8 Å². The Morgan fingerprint density at radius 1 is 0.429 bits per heavy atom. The van der Waals surface area contributed by atoms with Crippen molar-refractivity contribution in [2.75, 3.05) is 0 Å². The van der Waals surface area contributed by atoms with E-state index in [9.17, 15) is 0 Å². The van der Waals surface area contributed by atoms with Gasteiger partial charge in [-0.15, -0.1) is 0 Å². The van der Waals surface area contributed by atoms with Crippen LogP contribution < -0.4 is 0 Å². The average Bonchev–Trinajstić information content (AvgIpc) is 3.40. The minimum Gasteiger partial charge on any atom is -0.351 e. The minimum absolute atomic E-state index is 0. The van der Waals surface area contributed by atoms with E-state index < -0.39 is 0 Å². The van der Waals surface area contributed by atoms with Gasteiger partial charge in [-0.3, -0.25) is 0 Å². The van der Waals surface area contributed by atoms with Crippen LogP contribution in [0.25, 0.3) is 0 Å². The molecule has 4 aromatic heterocycles. The molecule has 21 heavy (non-hydrogen) atoms. The summed E-state index contributed by atoms with van der Waals surface area (Å²) in [6.07, 6.45) is 20.3. The smallest absolute Gasteiger partial charge is 0.351 e. The predicted molar refractivity (Wildman–Crippen MR) is 80.1 cm³/mol. The summed E-state index contributed by atoms with van der Waals surface area (Å²) in [5.74, 6) is 0. The van der Waals surface area contributed by atoms with E-state index in [1.807, 2.05) is 0 Å². The van der Waals surface area contributed by atoms with Crippen molar-refractivity contribution >= 4 is 19.8 Å². The van der Waals surface area contributed by atoms with Crippen LogP contribution in [0.15, 0.2) is 74.9 Å². The number of nitrogens with zero attached hydrogens (tertiary/aromatic N) is 4. The molecule has 0 aliphatic carbocycles. The Morgan fingerprint density at radius 2 is 0.667 bits per heavy atom. The molecule has 4 N–H and O–H groups in total. The molecule has 0 bridgehead atoms. The second kappa shape index (κ2) is 15.5. The third kappa shape index (κ3) is 13.7. The fourth-order valence-corrected chi connectivity index (χ4v) is 0.861. The van der Waals surface area contributed by atoms with E-state index in [4.69, 9.17) is 0 Å². The van der Waals surface area contributed by atoms with Crippen molar-refractivity contribution in [1.82, 2.24) is 39.9 Å². The molecular weight excluding hydrogens is 326 g/mol. The molecule has 8 nitrogen and oxygen atoms in total. The van der Waals surface area contributed by atoms with Crippen LogP contribution in [0.3, 0.4) is 0 Å². The van der Waals surface area contributed by atoms with Crippen LogP contribution in [0.5, 0.6) is 0 Å². The number of aromatic amines is 4. The number of H-pyrrole nitrogens is 4. The predicted octanol–water partition coefficient (Wildman–Crippen LogP) is 1.26. The first-order valence-electron chi connectivity index (χ1n) is 5.71. The molecule has 0 saturated carbocycles. The van der Waals surface area contributed by atoms with Gasteiger partial charge in [0.2, 0.25) is 0 Å². The second-order valence-corrected chi connectivity index (χ2v) is 3.04. The van der Waals surface area contributed by atoms with Crippen LogP contribution in [0.2, 0.25) is 0 Å². The van der Waals surface area contributed by atoms with E-state index in [0.29, 0.717) is 0 Å². The summed E-state index contributed by atoms with van der Waals surface area (Å²) in [6, 6.07) is 0. The van der Waals surface area contributed by atoms with E-state index in [2.05, 4.69) is 39.9 Å². The molecule has 0 aliphatic heterocycles. The normalized spacial score (nSPS) is 7.62. The van der Waals surface area contributed by atoms with Crippen molar-refractivity contribution in [3.8, 4) is 0 Å². The zero-order chi connectivity index (χ0) is 14.1. The quantitative estimate of drug-likeness (QED) is 0.360. The van der Waals surface area contributed by atoms with Crippen molar-refractivity contribution < 1.29 is 0 Å². The number of hydrogen-bond donors (Lipinski definition) is 4. The zero-order valence-corrected chi connectivity index (χ0v) is 13.7. The maximum atomic E-state index is 3.67. The van der Waals surface area contributed by atoms with Crippen LogP contribution in [0.4, 0.5) is 0 Å². The van der Waals surface area contributed by atoms with E-state index in [0.717, 1.165) is 0 Å². The second-order valence-electron chi connectivity index (χ2n) is 3.04. The van der Waals surface area contributed by atoms with Crippen LogP contribution in [-0.4, -0.2) is 59.7 Å². The first-order valence-corrected chi connectivity index (χ1v) is 5.71.